The molecule has 1 amide bonds. The summed E-state index contributed by atoms with van der Waals surface area (Å²) in [6.45, 7) is 1.31. The van der Waals surface area contributed by atoms with E-state index in [2.05, 4.69) is 15.2 Å². The van der Waals surface area contributed by atoms with E-state index in [-0.39, 0.29) is 11.8 Å². The number of nitrogens with one attached hydrogen (secondary N) is 1. The molecular formula is C16H16N4O2S. The van der Waals surface area contributed by atoms with Gasteiger partial charge in [0.2, 0.25) is 0 Å². The minimum Gasteiger partial charge on any atom is -0.469 e. The van der Waals surface area contributed by atoms with Crippen LogP contribution in [0, 0.1) is 0 Å². The molecule has 118 valence electrons. The van der Waals surface area contributed by atoms with E-state index in [0.29, 0.717) is 17.3 Å². The maximum atomic E-state index is 13.3. The Bertz CT molecular complexity index is 749. The average Bonchev–Trinajstić information content (AvgIpc) is 3.21. The van der Waals surface area contributed by atoms with Crippen LogP contribution in [0.4, 0.5) is 5.69 Å². The Morgan fingerprint density at radius 2 is 2.30 bits per heavy atom. The highest BCUT2D eigenvalue weighted by Crippen LogP contribution is 2.41. The number of hydrogen-bond acceptors (Lipinski definition) is 5. The number of pyridine rings is 1. The first-order valence-corrected chi connectivity index (χ1v) is 7.81. The fraction of sp³-hybridized carbons (Fsp3) is 0.312. The molecule has 2 fully saturated rings. The number of likely N-dealkylation sites (N-methyl/N-ethyl adjacent to an activating group) is 1. The van der Waals surface area contributed by atoms with Crippen molar-refractivity contribution in [3.8, 4) is 0 Å². The zero-order valence-corrected chi connectivity index (χ0v) is 13.4. The Morgan fingerprint density at radius 3 is 3.00 bits per heavy atom. The van der Waals surface area contributed by atoms with Gasteiger partial charge in [-0.3, -0.25) is 14.7 Å². The molecule has 2 atom stereocenters. The second-order valence-corrected chi connectivity index (χ2v) is 6.40. The monoisotopic (exact) mass is 328 g/mol. The highest BCUT2D eigenvalue weighted by molar-refractivity contribution is 7.80. The minimum absolute atomic E-state index is 0.0544. The molecule has 23 heavy (non-hydrogen) atoms. The number of carbonyl (C=O) groups is 1. The zero-order chi connectivity index (χ0) is 16.0. The molecule has 0 aliphatic carbocycles. The summed E-state index contributed by atoms with van der Waals surface area (Å²) in [7, 11) is 2.00. The Labute approximate surface area is 139 Å². The topological polar surface area (TPSA) is 61.6 Å². The number of rotatable bonds is 2. The lowest BCUT2D eigenvalue weighted by molar-refractivity contribution is -0.122. The molecule has 2 aliphatic rings. The first-order valence-electron chi connectivity index (χ1n) is 7.40. The Balaban J connectivity index is 1.76. The highest BCUT2D eigenvalue weighted by atomic mass is 32.1. The SMILES string of the molecule is CN1C[C@H](c2ccco2)[C@]2(C1)NC(=S)N(c1cccnc1)C2=O. The van der Waals surface area contributed by atoms with E-state index in [1.54, 1.807) is 24.7 Å². The molecule has 0 bridgehead atoms. The number of thiocarbonyl (C=S) groups is 1. The fourth-order valence-corrected chi connectivity index (χ4v) is 3.92. The lowest BCUT2D eigenvalue weighted by Gasteiger charge is -2.26. The number of anilines is 1. The molecule has 2 aliphatic heterocycles. The Morgan fingerprint density at radius 1 is 1.43 bits per heavy atom. The lowest BCUT2D eigenvalue weighted by atomic mass is 9.85. The highest BCUT2D eigenvalue weighted by Gasteiger charge is 2.59. The van der Waals surface area contributed by atoms with Crippen LogP contribution in [0.1, 0.15) is 11.7 Å². The Hall–Kier alpha value is -2.25. The summed E-state index contributed by atoms with van der Waals surface area (Å²) in [6, 6.07) is 7.38. The Kier molecular flexibility index (Phi) is 3.21. The average molecular weight is 328 g/mol. The smallest absolute Gasteiger partial charge is 0.261 e. The first kappa shape index (κ1) is 14.3. The molecule has 4 heterocycles. The second kappa shape index (κ2) is 5.14. The fourth-order valence-electron chi connectivity index (χ4n) is 3.55. The molecule has 6 nitrogen and oxygen atoms in total. The van der Waals surface area contributed by atoms with E-state index in [1.165, 1.54) is 4.90 Å². The van der Waals surface area contributed by atoms with E-state index in [9.17, 15) is 4.79 Å². The zero-order valence-electron chi connectivity index (χ0n) is 12.6. The molecular weight excluding hydrogens is 312 g/mol. The number of nitrogens with zero attached hydrogens (tertiary/aromatic N) is 3. The van der Waals surface area contributed by atoms with Crippen LogP contribution >= 0.6 is 12.2 Å². The minimum atomic E-state index is -0.792. The van der Waals surface area contributed by atoms with Crippen molar-refractivity contribution in [1.82, 2.24) is 15.2 Å². The van der Waals surface area contributed by atoms with Gasteiger partial charge in [-0.1, -0.05) is 0 Å². The van der Waals surface area contributed by atoms with Crippen molar-refractivity contribution in [3.63, 3.8) is 0 Å². The molecule has 0 unspecified atom stereocenters. The van der Waals surface area contributed by atoms with Crippen molar-refractivity contribution < 1.29 is 9.21 Å². The van der Waals surface area contributed by atoms with Gasteiger partial charge in [0.1, 0.15) is 11.3 Å². The van der Waals surface area contributed by atoms with E-state index < -0.39 is 5.54 Å². The van der Waals surface area contributed by atoms with Gasteiger partial charge in [0.15, 0.2) is 5.11 Å². The lowest BCUT2D eigenvalue weighted by Crippen LogP contribution is -2.52. The van der Waals surface area contributed by atoms with E-state index in [4.69, 9.17) is 16.6 Å². The molecule has 1 N–H and O–H groups in total. The van der Waals surface area contributed by atoms with Crippen molar-refractivity contribution in [2.45, 2.75) is 11.5 Å². The van der Waals surface area contributed by atoms with Gasteiger partial charge in [-0.2, -0.15) is 0 Å². The number of likely N-dealkylation sites (tertiary alicyclic amines) is 1. The van der Waals surface area contributed by atoms with Crippen molar-refractivity contribution >= 4 is 28.9 Å². The second-order valence-electron chi connectivity index (χ2n) is 6.02. The molecule has 1 spiro atoms. The van der Waals surface area contributed by atoms with Crippen LogP contribution in [-0.4, -0.2) is 46.6 Å². The van der Waals surface area contributed by atoms with Crippen LogP contribution in [0.15, 0.2) is 47.3 Å². The van der Waals surface area contributed by atoms with Gasteiger partial charge in [0.05, 0.1) is 24.1 Å². The number of hydrogen-bond donors (Lipinski definition) is 1. The van der Waals surface area contributed by atoms with Crippen LogP contribution in [-0.2, 0) is 4.79 Å². The molecule has 0 aromatic carbocycles. The third-order valence-electron chi connectivity index (χ3n) is 4.52. The number of furan rings is 1. The molecule has 0 saturated carbocycles. The number of carbonyl (C=O) groups excluding carboxylic acids is 1. The summed E-state index contributed by atoms with van der Waals surface area (Å²) in [5, 5.41) is 3.69. The standard InChI is InChI=1S/C16H16N4O2S/c1-19-9-12(13-5-3-7-22-13)16(10-19)14(21)20(15(23)18-16)11-4-2-6-17-8-11/h2-8,12H,9-10H2,1H3,(H,18,23)/t12-,16+/m1/s1. The number of aromatic nitrogens is 1. The molecule has 2 saturated heterocycles. The maximum absolute atomic E-state index is 13.3. The molecule has 0 radical (unpaired) electrons. The maximum Gasteiger partial charge on any atom is 0.261 e. The molecule has 7 heteroatoms. The summed E-state index contributed by atoms with van der Waals surface area (Å²) < 4.78 is 5.58. The first-order chi connectivity index (χ1) is 11.1. The predicted molar refractivity (Wildman–Crippen MR) is 89.1 cm³/mol. The van der Waals surface area contributed by atoms with Crippen LogP contribution in [0.25, 0.3) is 0 Å². The van der Waals surface area contributed by atoms with Crippen molar-refractivity contribution in [3.05, 3.63) is 48.7 Å². The predicted octanol–water partition coefficient (Wildman–Crippen LogP) is 1.36. The van der Waals surface area contributed by atoms with Crippen molar-refractivity contribution in [2.24, 2.45) is 0 Å². The van der Waals surface area contributed by atoms with Gasteiger partial charge >= 0.3 is 0 Å². The summed E-state index contributed by atoms with van der Waals surface area (Å²) in [6.07, 6.45) is 4.95. The summed E-state index contributed by atoms with van der Waals surface area (Å²) in [4.78, 5) is 21.0. The van der Waals surface area contributed by atoms with Gasteiger partial charge in [-0.05, 0) is 43.5 Å². The quantitative estimate of drug-likeness (QED) is 0.840. The molecule has 2 aromatic rings. The van der Waals surface area contributed by atoms with Gasteiger partial charge in [-0.15, -0.1) is 0 Å². The van der Waals surface area contributed by atoms with Gasteiger partial charge in [0.25, 0.3) is 5.91 Å². The van der Waals surface area contributed by atoms with Crippen LogP contribution in [0.3, 0.4) is 0 Å². The normalized spacial score (nSPS) is 27.9. The largest absolute Gasteiger partial charge is 0.469 e. The van der Waals surface area contributed by atoms with E-state index >= 15 is 0 Å². The summed E-state index contributed by atoms with van der Waals surface area (Å²) >= 11 is 5.45. The third kappa shape index (κ3) is 2.08. The summed E-state index contributed by atoms with van der Waals surface area (Å²) in [5.41, 5.74) is -0.112. The van der Waals surface area contributed by atoms with Crippen LogP contribution < -0.4 is 10.2 Å². The van der Waals surface area contributed by atoms with Crippen LogP contribution in [0.5, 0.6) is 0 Å². The van der Waals surface area contributed by atoms with E-state index in [0.717, 1.165) is 12.3 Å². The van der Waals surface area contributed by atoms with Gasteiger partial charge in [0, 0.05) is 19.3 Å². The third-order valence-corrected chi connectivity index (χ3v) is 4.80. The summed E-state index contributed by atoms with van der Waals surface area (Å²) in [5.74, 6) is 0.655. The van der Waals surface area contributed by atoms with Gasteiger partial charge in [-0.25, -0.2) is 0 Å². The number of amides is 1. The molecule has 4 rings (SSSR count). The van der Waals surface area contributed by atoms with Crippen molar-refractivity contribution in [2.75, 3.05) is 25.0 Å². The van der Waals surface area contributed by atoms with Crippen molar-refractivity contribution in [1.29, 1.82) is 0 Å². The molecule has 2 aromatic heterocycles. The van der Waals surface area contributed by atoms with Crippen LogP contribution in [0.2, 0.25) is 0 Å². The van der Waals surface area contributed by atoms with E-state index in [1.807, 2.05) is 25.2 Å². The van der Waals surface area contributed by atoms with Gasteiger partial charge < -0.3 is 14.6 Å².